The second-order valence-electron chi connectivity index (χ2n) is 7.96. The molecule has 33 heavy (non-hydrogen) atoms. The van der Waals surface area contributed by atoms with Gasteiger partial charge in [-0.15, -0.1) is 0 Å². The van der Waals surface area contributed by atoms with E-state index in [1.807, 2.05) is 19.1 Å². The standard InChI is InChI=1S/C24H25N3O5S/c1-17-5-2-3-6-21(17)26-33(30,31)20-10-8-18(9-11-20)23(28)25-19-12-14-27(15-13-19)24(29)22-7-4-16-32-22/h2-11,16,19,26H,12-15H2,1H3,(H,25,28). The number of hydrogen-bond donors (Lipinski definition) is 2. The van der Waals surface area contributed by atoms with E-state index in [0.29, 0.717) is 42.9 Å². The van der Waals surface area contributed by atoms with Gasteiger partial charge < -0.3 is 14.6 Å². The fourth-order valence-corrected chi connectivity index (χ4v) is 4.86. The van der Waals surface area contributed by atoms with Crippen LogP contribution in [-0.2, 0) is 10.0 Å². The minimum Gasteiger partial charge on any atom is -0.459 e. The molecule has 1 saturated heterocycles. The van der Waals surface area contributed by atoms with Gasteiger partial charge in [0.1, 0.15) is 0 Å². The summed E-state index contributed by atoms with van der Waals surface area (Å²) in [5.74, 6) is -0.119. The van der Waals surface area contributed by atoms with E-state index in [4.69, 9.17) is 4.42 Å². The third kappa shape index (κ3) is 5.25. The third-order valence-electron chi connectivity index (χ3n) is 5.67. The molecule has 1 aliphatic rings. The second-order valence-corrected chi connectivity index (χ2v) is 9.64. The number of benzene rings is 2. The number of hydrogen-bond acceptors (Lipinski definition) is 5. The number of carbonyl (C=O) groups excluding carboxylic acids is 2. The molecule has 0 spiro atoms. The van der Waals surface area contributed by atoms with Crippen molar-refractivity contribution in [3.63, 3.8) is 0 Å². The molecular weight excluding hydrogens is 442 g/mol. The number of likely N-dealkylation sites (tertiary alicyclic amines) is 1. The van der Waals surface area contributed by atoms with Gasteiger partial charge in [0.2, 0.25) is 0 Å². The van der Waals surface area contributed by atoms with Crippen LogP contribution in [-0.4, -0.2) is 44.3 Å². The van der Waals surface area contributed by atoms with Crippen LogP contribution in [0.15, 0.2) is 76.2 Å². The fraction of sp³-hybridized carbons (Fsp3) is 0.250. The molecule has 0 radical (unpaired) electrons. The lowest BCUT2D eigenvalue weighted by atomic mass is 10.0. The number of rotatable bonds is 6. The first-order valence-corrected chi connectivity index (χ1v) is 12.1. The Kier molecular flexibility index (Phi) is 6.50. The molecule has 0 bridgehead atoms. The molecule has 1 aromatic heterocycles. The van der Waals surface area contributed by atoms with Gasteiger partial charge in [-0.1, -0.05) is 18.2 Å². The van der Waals surface area contributed by atoms with Crippen molar-refractivity contribution >= 4 is 27.5 Å². The lowest BCUT2D eigenvalue weighted by molar-refractivity contribution is 0.0667. The smallest absolute Gasteiger partial charge is 0.289 e. The molecule has 0 saturated carbocycles. The predicted molar refractivity (Wildman–Crippen MR) is 124 cm³/mol. The van der Waals surface area contributed by atoms with E-state index in [2.05, 4.69) is 10.0 Å². The number of furan rings is 1. The molecule has 9 heteroatoms. The van der Waals surface area contributed by atoms with E-state index in [1.54, 1.807) is 29.2 Å². The van der Waals surface area contributed by atoms with Crippen molar-refractivity contribution in [2.45, 2.75) is 30.7 Å². The normalized spacial score (nSPS) is 14.6. The summed E-state index contributed by atoms with van der Waals surface area (Å²) < 4.78 is 33.1. The molecule has 4 rings (SSSR count). The van der Waals surface area contributed by atoms with Gasteiger partial charge in [0, 0.05) is 24.7 Å². The Morgan fingerprint density at radius 3 is 2.30 bits per heavy atom. The molecule has 1 aliphatic heterocycles. The van der Waals surface area contributed by atoms with E-state index >= 15 is 0 Å². The van der Waals surface area contributed by atoms with E-state index < -0.39 is 10.0 Å². The number of nitrogens with one attached hydrogen (secondary N) is 2. The Labute approximate surface area is 192 Å². The fourth-order valence-electron chi connectivity index (χ4n) is 3.73. The molecule has 2 amide bonds. The summed E-state index contributed by atoms with van der Waals surface area (Å²) in [5, 5.41) is 2.97. The number of amides is 2. The Hall–Kier alpha value is -3.59. The number of aryl methyl sites for hydroxylation is 1. The second kappa shape index (κ2) is 9.50. The molecule has 2 heterocycles. The van der Waals surface area contributed by atoms with Crippen LogP contribution in [0.25, 0.3) is 0 Å². The van der Waals surface area contributed by atoms with E-state index in [-0.39, 0.29) is 22.8 Å². The van der Waals surface area contributed by atoms with Gasteiger partial charge in [-0.25, -0.2) is 8.42 Å². The lowest BCUT2D eigenvalue weighted by Gasteiger charge is -2.31. The highest BCUT2D eigenvalue weighted by molar-refractivity contribution is 7.92. The van der Waals surface area contributed by atoms with Gasteiger partial charge in [-0.3, -0.25) is 14.3 Å². The highest BCUT2D eigenvalue weighted by atomic mass is 32.2. The Morgan fingerprint density at radius 2 is 1.67 bits per heavy atom. The number of sulfonamides is 1. The van der Waals surface area contributed by atoms with Crippen LogP contribution < -0.4 is 10.0 Å². The van der Waals surface area contributed by atoms with Crippen LogP contribution in [0.2, 0.25) is 0 Å². The Balaban J connectivity index is 1.33. The quantitative estimate of drug-likeness (QED) is 0.577. The minimum absolute atomic E-state index is 0.0655. The predicted octanol–water partition coefficient (Wildman–Crippen LogP) is 3.42. The molecule has 2 aromatic carbocycles. The molecule has 1 fully saturated rings. The van der Waals surface area contributed by atoms with Crippen LogP contribution in [0.5, 0.6) is 0 Å². The van der Waals surface area contributed by atoms with Gasteiger partial charge in [-0.05, 0) is 67.8 Å². The maximum atomic E-state index is 12.7. The van der Waals surface area contributed by atoms with Crippen molar-refractivity contribution in [3.05, 3.63) is 83.8 Å². The first-order chi connectivity index (χ1) is 15.8. The SMILES string of the molecule is Cc1ccccc1NS(=O)(=O)c1ccc(C(=O)NC2CCN(C(=O)c3ccco3)CC2)cc1. The molecular formula is C24H25N3O5S. The number of para-hydroxylation sites is 1. The van der Waals surface area contributed by atoms with E-state index in [1.165, 1.54) is 30.5 Å². The van der Waals surface area contributed by atoms with E-state index in [0.717, 1.165) is 5.56 Å². The summed E-state index contributed by atoms with van der Waals surface area (Å²) in [6, 6.07) is 16.2. The zero-order valence-corrected chi connectivity index (χ0v) is 19.0. The monoisotopic (exact) mass is 467 g/mol. The van der Waals surface area contributed by atoms with Gasteiger partial charge in [-0.2, -0.15) is 0 Å². The summed E-state index contributed by atoms with van der Waals surface area (Å²) in [6.45, 7) is 2.86. The Bertz CT molecular complexity index is 1230. The van der Waals surface area contributed by atoms with Gasteiger partial charge in [0.15, 0.2) is 5.76 Å². The average Bonchev–Trinajstić information content (AvgIpc) is 3.36. The van der Waals surface area contributed by atoms with Crippen LogP contribution in [0.3, 0.4) is 0 Å². The largest absolute Gasteiger partial charge is 0.459 e. The first-order valence-electron chi connectivity index (χ1n) is 10.7. The topological polar surface area (TPSA) is 109 Å². The first kappa shape index (κ1) is 22.6. The van der Waals surface area contributed by atoms with Gasteiger partial charge in [0.25, 0.3) is 21.8 Å². The maximum absolute atomic E-state index is 12.7. The van der Waals surface area contributed by atoms with Crippen LogP contribution in [0, 0.1) is 6.92 Å². The zero-order chi connectivity index (χ0) is 23.4. The minimum atomic E-state index is -3.77. The van der Waals surface area contributed by atoms with Crippen molar-refractivity contribution in [1.82, 2.24) is 10.2 Å². The van der Waals surface area contributed by atoms with Crippen LogP contribution in [0.1, 0.15) is 39.3 Å². The third-order valence-corrected chi connectivity index (χ3v) is 7.05. The number of piperidine rings is 1. The van der Waals surface area contributed by atoms with Crippen LogP contribution in [0.4, 0.5) is 5.69 Å². The van der Waals surface area contributed by atoms with Crippen molar-refractivity contribution in [3.8, 4) is 0 Å². The summed E-state index contributed by atoms with van der Waals surface area (Å²) >= 11 is 0. The molecule has 3 aromatic rings. The summed E-state index contributed by atoms with van der Waals surface area (Å²) in [7, 11) is -3.77. The Morgan fingerprint density at radius 1 is 0.970 bits per heavy atom. The number of carbonyl (C=O) groups is 2. The summed E-state index contributed by atoms with van der Waals surface area (Å²) in [5.41, 5.74) is 1.70. The van der Waals surface area contributed by atoms with Crippen molar-refractivity contribution in [2.24, 2.45) is 0 Å². The van der Waals surface area contributed by atoms with Gasteiger partial charge in [0.05, 0.1) is 16.8 Å². The summed E-state index contributed by atoms with van der Waals surface area (Å²) in [6.07, 6.45) is 2.73. The average molecular weight is 468 g/mol. The highest BCUT2D eigenvalue weighted by Crippen LogP contribution is 2.20. The van der Waals surface area contributed by atoms with Gasteiger partial charge >= 0.3 is 0 Å². The highest BCUT2D eigenvalue weighted by Gasteiger charge is 2.26. The van der Waals surface area contributed by atoms with Crippen molar-refractivity contribution < 1.29 is 22.4 Å². The van der Waals surface area contributed by atoms with Crippen molar-refractivity contribution in [2.75, 3.05) is 17.8 Å². The summed E-state index contributed by atoms with van der Waals surface area (Å²) in [4.78, 5) is 26.8. The zero-order valence-electron chi connectivity index (χ0n) is 18.2. The van der Waals surface area contributed by atoms with E-state index in [9.17, 15) is 18.0 Å². The molecule has 0 aliphatic carbocycles. The molecule has 172 valence electrons. The number of nitrogens with zero attached hydrogens (tertiary/aromatic N) is 1. The molecule has 0 unspecified atom stereocenters. The molecule has 8 nitrogen and oxygen atoms in total. The maximum Gasteiger partial charge on any atom is 0.289 e. The number of anilines is 1. The molecule has 2 N–H and O–H groups in total. The lowest BCUT2D eigenvalue weighted by Crippen LogP contribution is -2.46. The van der Waals surface area contributed by atoms with Crippen molar-refractivity contribution in [1.29, 1.82) is 0 Å². The molecule has 0 atom stereocenters. The van der Waals surface area contributed by atoms with Crippen LogP contribution >= 0.6 is 0 Å².